The molecule has 0 radical (unpaired) electrons. The fourth-order valence-electron chi connectivity index (χ4n) is 4.00. The number of carbonyl (C=O) groups is 2. The molecule has 6 heteroatoms. The molecule has 0 atom stereocenters. The van der Waals surface area contributed by atoms with Crippen LogP contribution in [0.4, 0.5) is 4.79 Å². The Morgan fingerprint density at radius 2 is 1.68 bits per heavy atom. The Kier molecular flexibility index (Phi) is 5.70. The number of urea groups is 1. The summed E-state index contributed by atoms with van der Waals surface area (Å²) >= 11 is 6.20. The summed E-state index contributed by atoms with van der Waals surface area (Å²) in [5.41, 5.74) is 6.34. The number of para-hydroxylation sites is 1. The molecular weight excluding hydrogens is 410 g/mol. The molecule has 1 aliphatic rings. The van der Waals surface area contributed by atoms with E-state index in [0.29, 0.717) is 5.02 Å². The van der Waals surface area contributed by atoms with Crippen LogP contribution in [-0.4, -0.2) is 21.4 Å². The number of nitrogens with one attached hydrogen (secondary N) is 1. The Morgan fingerprint density at radius 3 is 2.39 bits per heavy atom. The van der Waals surface area contributed by atoms with Gasteiger partial charge in [0.25, 0.3) is 5.91 Å². The van der Waals surface area contributed by atoms with Crippen LogP contribution in [0.5, 0.6) is 0 Å². The topological polar surface area (TPSA) is 54.3 Å². The van der Waals surface area contributed by atoms with Gasteiger partial charge in [-0.05, 0) is 61.2 Å². The normalized spacial score (nSPS) is 15.1. The number of carbonyl (C=O) groups excluding carboxylic acids is 2. The van der Waals surface area contributed by atoms with Crippen molar-refractivity contribution in [3.05, 3.63) is 93.4 Å². The highest BCUT2D eigenvalue weighted by atomic mass is 35.5. The van der Waals surface area contributed by atoms with Crippen LogP contribution in [0, 0.1) is 13.8 Å². The predicted octanol–water partition coefficient (Wildman–Crippen LogP) is 5.40. The monoisotopic (exact) mass is 433 g/mol. The van der Waals surface area contributed by atoms with E-state index < -0.39 is 6.03 Å². The van der Waals surface area contributed by atoms with Crippen molar-refractivity contribution >= 4 is 29.6 Å². The van der Waals surface area contributed by atoms with Gasteiger partial charge in [-0.15, -0.1) is 0 Å². The Bertz CT molecular complexity index is 1210. The highest BCUT2D eigenvalue weighted by molar-refractivity contribution is 6.31. The number of rotatable bonds is 5. The van der Waals surface area contributed by atoms with Crippen molar-refractivity contribution in [3.8, 4) is 5.69 Å². The fourth-order valence-corrected chi connectivity index (χ4v) is 4.20. The fraction of sp³-hybridized carbons (Fsp3) is 0.200. The SMILES string of the molecule is CCc1ccccc1-n1c(C)cc(/C=C2\NC(=O)N(Cc3ccccc3Cl)C2=O)c1C. The maximum absolute atomic E-state index is 12.9. The van der Waals surface area contributed by atoms with Crippen molar-refractivity contribution in [2.45, 2.75) is 33.7 Å². The van der Waals surface area contributed by atoms with Crippen LogP contribution in [0.1, 0.15) is 35.0 Å². The standard InChI is InChI=1S/C25H24ClN3O2/c1-4-18-9-6-8-12-23(18)29-16(2)13-20(17(29)3)14-22-24(30)28(25(31)27-22)15-19-10-5-7-11-21(19)26/h5-14H,4,15H2,1-3H3,(H,27,31)/b22-14-. The van der Waals surface area contributed by atoms with E-state index in [0.717, 1.165) is 34.6 Å². The second-order valence-electron chi connectivity index (χ2n) is 7.62. The molecule has 0 aliphatic carbocycles. The summed E-state index contributed by atoms with van der Waals surface area (Å²) in [5, 5.41) is 3.23. The summed E-state index contributed by atoms with van der Waals surface area (Å²) in [6.45, 7) is 6.33. The summed E-state index contributed by atoms with van der Waals surface area (Å²) in [5.74, 6) is -0.358. The summed E-state index contributed by atoms with van der Waals surface area (Å²) in [6, 6.07) is 17.1. The first kappa shape index (κ1) is 20.9. The largest absolute Gasteiger partial charge is 0.329 e. The van der Waals surface area contributed by atoms with Crippen LogP contribution in [0.2, 0.25) is 5.02 Å². The van der Waals surface area contributed by atoms with Gasteiger partial charge in [-0.3, -0.25) is 9.69 Å². The molecule has 3 aromatic rings. The summed E-state index contributed by atoms with van der Waals surface area (Å²) < 4.78 is 2.19. The van der Waals surface area contributed by atoms with Crippen LogP contribution < -0.4 is 5.32 Å². The molecule has 1 aliphatic heterocycles. The molecule has 5 nitrogen and oxygen atoms in total. The second kappa shape index (κ2) is 8.44. The third kappa shape index (κ3) is 3.89. The van der Waals surface area contributed by atoms with Gasteiger partial charge in [0.15, 0.2) is 0 Å². The van der Waals surface area contributed by atoms with E-state index in [1.165, 1.54) is 10.5 Å². The average Bonchev–Trinajstić information content (AvgIpc) is 3.18. The Hall–Kier alpha value is -3.31. The molecule has 158 valence electrons. The van der Waals surface area contributed by atoms with Crippen LogP contribution in [0.15, 0.2) is 60.3 Å². The van der Waals surface area contributed by atoms with Gasteiger partial charge in [-0.1, -0.05) is 54.9 Å². The number of hydrogen-bond donors (Lipinski definition) is 1. The lowest BCUT2D eigenvalue weighted by molar-refractivity contribution is -0.123. The molecule has 0 spiro atoms. The van der Waals surface area contributed by atoms with Gasteiger partial charge in [0.2, 0.25) is 0 Å². The van der Waals surface area contributed by atoms with Gasteiger partial charge in [0.1, 0.15) is 5.70 Å². The summed E-state index contributed by atoms with van der Waals surface area (Å²) in [6.07, 6.45) is 2.68. The first-order valence-corrected chi connectivity index (χ1v) is 10.6. The molecule has 1 aromatic heterocycles. The predicted molar refractivity (Wildman–Crippen MR) is 123 cm³/mol. The number of aromatic nitrogens is 1. The van der Waals surface area contributed by atoms with Crippen LogP contribution in [-0.2, 0) is 17.8 Å². The van der Waals surface area contributed by atoms with Crippen LogP contribution >= 0.6 is 11.6 Å². The van der Waals surface area contributed by atoms with Crippen molar-refractivity contribution < 1.29 is 9.59 Å². The molecule has 1 fully saturated rings. The number of aryl methyl sites for hydroxylation is 2. The number of amides is 3. The number of imide groups is 1. The maximum atomic E-state index is 12.9. The van der Waals surface area contributed by atoms with E-state index >= 15 is 0 Å². The van der Waals surface area contributed by atoms with E-state index in [-0.39, 0.29) is 18.1 Å². The third-order valence-corrected chi connectivity index (χ3v) is 6.00. The third-order valence-electron chi connectivity index (χ3n) is 5.63. The van der Waals surface area contributed by atoms with Crippen molar-refractivity contribution in [1.29, 1.82) is 0 Å². The van der Waals surface area contributed by atoms with E-state index in [2.05, 4.69) is 28.9 Å². The van der Waals surface area contributed by atoms with E-state index in [1.54, 1.807) is 12.1 Å². The highest BCUT2D eigenvalue weighted by Crippen LogP contribution is 2.27. The van der Waals surface area contributed by atoms with E-state index in [9.17, 15) is 9.59 Å². The Morgan fingerprint density at radius 1 is 1.00 bits per heavy atom. The van der Waals surface area contributed by atoms with Crippen molar-refractivity contribution in [3.63, 3.8) is 0 Å². The molecule has 2 heterocycles. The van der Waals surface area contributed by atoms with Gasteiger partial charge in [-0.2, -0.15) is 0 Å². The van der Waals surface area contributed by atoms with Gasteiger partial charge >= 0.3 is 6.03 Å². The molecule has 0 unspecified atom stereocenters. The quantitative estimate of drug-likeness (QED) is 0.432. The lowest BCUT2D eigenvalue weighted by Crippen LogP contribution is -2.30. The lowest BCUT2D eigenvalue weighted by atomic mass is 10.1. The zero-order valence-electron chi connectivity index (χ0n) is 17.8. The molecule has 3 amide bonds. The van der Waals surface area contributed by atoms with E-state index in [1.807, 2.05) is 50.2 Å². The molecule has 31 heavy (non-hydrogen) atoms. The van der Waals surface area contributed by atoms with Crippen molar-refractivity contribution in [2.75, 3.05) is 0 Å². The molecule has 0 bridgehead atoms. The first-order chi connectivity index (χ1) is 14.9. The second-order valence-corrected chi connectivity index (χ2v) is 8.02. The molecule has 1 saturated heterocycles. The van der Waals surface area contributed by atoms with Crippen molar-refractivity contribution in [1.82, 2.24) is 14.8 Å². The number of nitrogens with zero attached hydrogens (tertiary/aromatic N) is 2. The summed E-state index contributed by atoms with van der Waals surface area (Å²) in [4.78, 5) is 26.6. The maximum Gasteiger partial charge on any atom is 0.329 e. The van der Waals surface area contributed by atoms with Gasteiger partial charge in [0, 0.05) is 22.1 Å². The number of halogens is 1. The minimum absolute atomic E-state index is 0.130. The van der Waals surface area contributed by atoms with Crippen molar-refractivity contribution in [2.24, 2.45) is 0 Å². The van der Waals surface area contributed by atoms with Gasteiger partial charge in [0.05, 0.1) is 6.54 Å². The smallest absolute Gasteiger partial charge is 0.318 e. The number of hydrogen-bond acceptors (Lipinski definition) is 2. The zero-order chi connectivity index (χ0) is 22.1. The highest BCUT2D eigenvalue weighted by Gasteiger charge is 2.34. The minimum atomic E-state index is -0.443. The molecular formula is C25H24ClN3O2. The van der Waals surface area contributed by atoms with E-state index in [4.69, 9.17) is 11.6 Å². The summed E-state index contributed by atoms with van der Waals surface area (Å²) in [7, 11) is 0. The van der Waals surface area contributed by atoms with Gasteiger partial charge in [-0.25, -0.2) is 4.79 Å². The average molecular weight is 434 g/mol. The number of benzene rings is 2. The first-order valence-electron chi connectivity index (χ1n) is 10.3. The minimum Gasteiger partial charge on any atom is -0.318 e. The van der Waals surface area contributed by atoms with Gasteiger partial charge < -0.3 is 9.88 Å². The molecule has 4 rings (SSSR count). The Balaban J connectivity index is 1.66. The van der Waals surface area contributed by atoms with Crippen LogP contribution in [0.25, 0.3) is 11.8 Å². The molecule has 2 aromatic carbocycles. The zero-order valence-corrected chi connectivity index (χ0v) is 18.5. The van der Waals surface area contributed by atoms with Crippen LogP contribution in [0.3, 0.4) is 0 Å². The molecule has 0 saturated carbocycles. The lowest BCUT2D eigenvalue weighted by Gasteiger charge is -2.14. The molecule has 1 N–H and O–H groups in total. The Labute approximate surface area is 186 Å².